The molecule has 0 spiro atoms. The molecule has 0 radical (unpaired) electrons. The van der Waals surface area contributed by atoms with E-state index in [2.05, 4.69) is 5.32 Å². The zero-order valence-electron chi connectivity index (χ0n) is 11.9. The van der Waals surface area contributed by atoms with Crippen LogP contribution in [0.4, 0.5) is 0 Å². The Balaban J connectivity index is 1.90. The van der Waals surface area contributed by atoms with Crippen molar-refractivity contribution in [1.82, 2.24) is 5.32 Å². The van der Waals surface area contributed by atoms with Gasteiger partial charge in [0.05, 0.1) is 7.11 Å². The van der Waals surface area contributed by atoms with Gasteiger partial charge >= 0.3 is 0 Å². The smallest absolute Gasteiger partial charge is 0.251 e. The quantitative estimate of drug-likeness (QED) is 0.903. The van der Waals surface area contributed by atoms with Crippen LogP contribution in [-0.4, -0.2) is 19.6 Å². The number of benzene rings is 1. The van der Waals surface area contributed by atoms with Crippen molar-refractivity contribution in [1.29, 1.82) is 0 Å². The summed E-state index contributed by atoms with van der Waals surface area (Å²) in [5, 5.41) is 3.05. The summed E-state index contributed by atoms with van der Waals surface area (Å²) in [6.07, 6.45) is 6.47. The maximum Gasteiger partial charge on any atom is 0.251 e. The predicted molar refractivity (Wildman–Crippen MR) is 76.6 cm³/mol. The van der Waals surface area contributed by atoms with E-state index in [1.54, 1.807) is 7.11 Å². The highest BCUT2D eigenvalue weighted by Gasteiger charge is 2.15. The van der Waals surface area contributed by atoms with Gasteiger partial charge in [0.2, 0.25) is 0 Å². The molecule has 1 aromatic rings. The van der Waals surface area contributed by atoms with E-state index in [-0.39, 0.29) is 5.91 Å². The molecule has 1 amide bonds. The molecular formula is C16H23NO2. The van der Waals surface area contributed by atoms with E-state index in [4.69, 9.17) is 4.74 Å². The fourth-order valence-electron chi connectivity index (χ4n) is 2.75. The molecule has 1 aromatic carbocycles. The van der Waals surface area contributed by atoms with Gasteiger partial charge in [0.15, 0.2) is 0 Å². The Labute approximate surface area is 115 Å². The number of aryl methyl sites for hydroxylation is 1. The second kappa shape index (κ2) is 6.60. The minimum Gasteiger partial charge on any atom is -0.496 e. The van der Waals surface area contributed by atoms with Crippen LogP contribution in [0.25, 0.3) is 0 Å². The molecule has 0 bridgehead atoms. The molecule has 0 saturated heterocycles. The van der Waals surface area contributed by atoms with Crippen LogP contribution < -0.4 is 10.1 Å². The van der Waals surface area contributed by atoms with E-state index in [9.17, 15) is 4.79 Å². The maximum absolute atomic E-state index is 12.1. The van der Waals surface area contributed by atoms with Crippen LogP contribution >= 0.6 is 0 Å². The Morgan fingerprint density at radius 1 is 1.32 bits per heavy atom. The van der Waals surface area contributed by atoms with E-state index in [1.807, 2.05) is 25.1 Å². The lowest BCUT2D eigenvalue weighted by atomic mass is 9.89. The number of hydrogen-bond acceptors (Lipinski definition) is 2. The standard InChI is InChI=1S/C16H23NO2/c1-12-10-14(8-9-15(12)19-2)16(18)17-11-13-6-4-3-5-7-13/h8-10,13H,3-7,11H2,1-2H3,(H,17,18). The normalized spacial score (nSPS) is 16.1. The van der Waals surface area contributed by atoms with E-state index >= 15 is 0 Å². The van der Waals surface area contributed by atoms with Crippen LogP contribution in [0.3, 0.4) is 0 Å². The number of ether oxygens (including phenoxy) is 1. The third kappa shape index (κ3) is 3.72. The van der Waals surface area contributed by atoms with Crippen LogP contribution in [0.1, 0.15) is 48.0 Å². The summed E-state index contributed by atoms with van der Waals surface area (Å²) in [4.78, 5) is 12.1. The van der Waals surface area contributed by atoms with Gasteiger partial charge in [0.1, 0.15) is 5.75 Å². The van der Waals surface area contributed by atoms with Crippen LogP contribution in [0.15, 0.2) is 18.2 Å². The lowest BCUT2D eigenvalue weighted by Gasteiger charge is -2.21. The highest BCUT2D eigenvalue weighted by molar-refractivity contribution is 5.94. The lowest BCUT2D eigenvalue weighted by molar-refractivity contribution is 0.0943. The van der Waals surface area contributed by atoms with Gasteiger partial charge in [-0.05, 0) is 49.4 Å². The van der Waals surface area contributed by atoms with E-state index in [1.165, 1.54) is 32.1 Å². The summed E-state index contributed by atoms with van der Waals surface area (Å²) in [5.74, 6) is 1.51. The molecule has 0 aromatic heterocycles. The van der Waals surface area contributed by atoms with Crippen molar-refractivity contribution >= 4 is 5.91 Å². The molecule has 104 valence electrons. The number of rotatable bonds is 4. The summed E-state index contributed by atoms with van der Waals surface area (Å²) in [6, 6.07) is 5.56. The molecule has 0 atom stereocenters. The number of hydrogen-bond donors (Lipinski definition) is 1. The molecule has 3 nitrogen and oxygen atoms in total. The van der Waals surface area contributed by atoms with Crippen molar-refractivity contribution in [3.63, 3.8) is 0 Å². The number of nitrogens with one attached hydrogen (secondary N) is 1. The van der Waals surface area contributed by atoms with Gasteiger partial charge in [0, 0.05) is 12.1 Å². The van der Waals surface area contributed by atoms with Crippen molar-refractivity contribution in [3.05, 3.63) is 29.3 Å². The minimum absolute atomic E-state index is 0.0244. The van der Waals surface area contributed by atoms with Crippen molar-refractivity contribution in [2.24, 2.45) is 5.92 Å². The van der Waals surface area contributed by atoms with Gasteiger partial charge in [0.25, 0.3) is 5.91 Å². The van der Waals surface area contributed by atoms with Crippen LogP contribution in [-0.2, 0) is 0 Å². The first-order valence-electron chi connectivity index (χ1n) is 7.13. The zero-order chi connectivity index (χ0) is 13.7. The summed E-state index contributed by atoms with van der Waals surface area (Å²) in [6.45, 7) is 2.76. The molecule has 2 rings (SSSR count). The highest BCUT2D eigenvalue weighted by atomic mass is 16.5. The fraction of sp³-hybridized carbons (Fsp3) is 0.562. The molecule has 1 N–H and O–H groups in total. The van der Waals surface area contributed by atoms with Gasteiger partial charge in [-0.25, -0.2) is 0 Å². The Morgan fingerprint density at radius 2 is 2.05 bits per heavy atom. The van der Waals surface area contributed by atoms with Gasteiger partial charge < -0.3 is 10.1 Å². The van der Waals surface area contributed by atoms with Crippen LogP contribution in [0, 0.1) is 12.8 Å². The molecule has 0 aliphatic heterocycles. The molecule has 1 saturated carbocycles. The third-order valence-corrected chi connectivity index (χ3v) is 3.93. The van der Waals surface area contributed by atoms with Crippen LogP contribution in [0.2, 0.25) is 0 Å². The second-order valence-corrected chi connectivity index (χ2v) is 5.40. The highest BCUT2D eigenvalue weighted by Crippen LogP contribution is 2.23. The van der Waals surface area contributed by atoms with E-state index in [0.717, 1.165) is 17.9 Å². The van der Waals surface area contributed by atoms with Crippen molar-refractivity contribution in [2.75, 3.05) is 13.7 Å². The summed E-state index contributed by atoms with van der Waals surface area (Å²) < 4.78 is 5.20. The monoisotopic (exact) mass is 261 g/mol. The molecule has 0 unspecified atom stereocenters. The van der Waals surface area contributed by atoms with Gasteiger partial charge in [-0.15, -0.1) is 0 Å². The first-order valence-corrected chi connectivity index (χ1v) is 7.13. The number of carbonyl (C=O) groups is 1. The molecule has 19 heavy (non-hydrogen) atoms. The first kappa shape index (κ1) is 13.9. The molecule has 1 aliphatic carbocycles. The van der Waals surface area contributed by atoms with Crippen LogP contribution in [0.5, 0.6) is 5.75 Å². The molecular weight excluding hydrogens is 238 g/mol. The largest absolute Gasteiger partial charge is 0.496 e. The summed E-state index contributed by atoms with van der Waals surface area (Å²) in [5.41, 5.74) is 1.71. The zero-order valence-corrected chi connectivity index (χ0v) is 11.9. The molecule has 1 fully saturated rings. The average molecular weight is 261 g/mol. The Morgan fingerprint density at radius 3 is 2.68 bits per heavy atom. The molecule has 3 heteroatoms. The Bertz CT molecular complexity index is 436. The predicted octanol–water partition coefficient (Wildman–Crippen LogP) is 3.31. The Kier molecular flexibility index (Phi) is 4.83. The van der Waals surface area contributed by atoms with E-state index in [0.29, 0.717) is 11.5 Å². The Hall–Kier alpha value is -1.51. The van der Waals surface area contributed by atoms with Crippen molar-refractivity contribution < 1.29 is 9.53 Å². The summed E-state index contributed by atoms with van der Waals surface area (Å²) >= 11 is 0. The van der Waals surface area contributed by atoms with Gasteiger partial charge in [-0.3, -0.25) is 4.79 Å². The lowest BCUT2D eigenvalue weighted by Crippen LogP contribution is -2.30. The molecule has 0 heterocycles. The minimum atomic E-state index is 0.0244. The average Bonchev–Trinajstić information content (AvgIpc) is 2.45. The molecule has 1 aliphatic rings. The van der Waals surface area contributed by atoms with Crippen molar-refractivity contribution in [3.8, 4) is 5.75 Å². The second-order valence-electron chi connectivity index (χ2n) is 5.40. The fourth-order valence-corrected chi connectivity index (χ4v) is 2.75. The maximum atomic E-state index is 12.1. The number of methoxy groups -OCH3 is 1. The number of amides is 1. The first-order chi connectivity index (χ1) is 9.20. The van der Waals surface area contributed by atoms with E-state index < -0.39 is 0 Å². The van der Waals surface area contributed by atoms with Gasteiger partial charge in [-0.1, -0.05) is 19.3 Å². The summed E-state index contributed by atoms with van der Waals surface area (Å²) in [7, 11) is 1.64. The topological polar surface area (TPSA) is 38.3 Å². The SMILES string of the molecule is COc1ccc(C(=O)NCC2CCCCC2)cc1C. The van der Waals surface area contributed by atoms with Gasteiger partial charge in [-0.2, -0.15) is 0 Å². The third-order valence-electron chi connectivity index (χ3n) is 3.93. The van der Waals surface area contributed by atoms with Crippen molar-refractivity contribution in [2.45, 2.75) is 39.0 Å². The number of carbonyl (C=O) groups excluding carboxylic acids is 1.